The Kier molecular flexibility index (Phi) is 2.48. The Morgan fingerprint density at radius 2 is 2.12 bits per heavy atom. The zero-order valence-corrected chi connectivity index (χ0v) is 8.98. The van der Waals surface area contributed by atoms with E-state index in [9.17, 15) is 9.90 Å². The number of aromatic carboxylic acids is 1. The van der Waals surface area contributed by atoms with Gasteiger partial charge in [-0.1, -0.05) is 0 Å². The molecule has 0 radical (unpaired) electrons. The van der Waals surface area contributed by atoms with Gasteiger partial charge in [0, 0.05) is 16.6 Å². The first kappa shape index (κ1) is 10.4. The van der Waals surface area contributed by atoms with Crippen LogP contribution in [0.15, 0.2) is 24.3 Å². The molecule has 1 heterocycles. The number of carbonyl (C=O) groups is 1. The van der Waals surface area contributed by atoms with Crippen LogP contribution < -0.4 is 9.84 Å². The summed E-state index contributed by atoms with van der Waals surface area (Å²) in [5.74, 6) is -0.607. The molecule has 0 aliphatic heterocycles. The molecule has 1 aromatic heterocycles. The molecule has 2 rings (SSSR count). The number of benzene rings is 1. The first-order valence-corrected chi connectivity index (χ1v) is 4.78. The maximum Gasteiger partial charge on any atom is 0.119 e. The van der Waals surface area contributed by atoms with Crippen LogP contribution in [0.3, 0.4) is 0 Å². The number of carboxylic acid groups (broad SMARTS) is 1. The third kappa shape index (κ3) is 1.69. The van der Waals surface area contributed by atoms with Crippen molar-refractivity contribution in [1.82, 2.24) is 4.98 Å². The van der Waals surface area contributed by atoms with Crippen molar-refractivity contribution >= 4 is 16.9 Å². The molecular formula is C12H10NO3-. The molecule has 0 atom stereocenters. The molecule has 1 aromatic carbocycles. The highest BCUT2D eigenvalue weighted by Crippen LogP contribution is 2.23. The molecule has 0 spiro atoms. The van der Waals surface area contributed by atoms with Gasteiger partial charge in [0.15, 0.2) is 0 Å². The van der Waals surface area contributed by atoms with E-state index in [0.717, 1.165) is 0 Å². The number of nitrogens with zero attached hydrogens (tertiary/aromatic N) is 1. The van der Waals surface area contributed by atoms with E-state index in [1.807, 2.05) is 0 Å². The molecule has 2 aromatic rings. The van der Waals surface area contributed by atoms with Crippen molar-refractivity contribution in [2.24, 2.45) is 0 Å². The second kappa shape index (κ2) is 3.81. The first-order valence-electron chi connectivity index (χ1n) is 4.78. The van der Waals surface area contributed by atoms with Gasteiger partial charge in [0.2, 0.25) is 0 Å². The predicted molar refractivity (Wildman–Crippen MR) is 57.4 cm³/mol. The summed E-state index contributed by atoms with van der Waals surface area (Å²) < 4.78 is 5.05. The van der Waals surface area contributed by atoms with Crippen molar-refractivity contribution in [1.29, 1.82) is 0 Å². The summed E-state index contributed by atoms with van der Waals surface area (Å²) in [5, 5.41) is 11.5. The summed E-state index contributed by atoms with van der Waals surface area (Å²) in [6.45, 7) is 1.75. The number of hydrogen-bond donors (Lipinski definition) is 0. The summed E-state index contributed by atoms with van der Waals surface area (Å²) in [6.07, 6.45) is 0. The fourth-order valence-corrected chi connectivity index (χ4v) is 1.63. The quantitative estimate of drug-likeness (QED) is 0.748. The van der Waals surface area contributed by atoms with Crippen LogP contribution in [-0.2, 0) is 0 Å². The van der Waals surface area contributed by atoms with Crippen molar-refractivity contribution < 1.29 is 14.6 Å². The second-order valence-corrected chi connectivity index (χ2v) is 3.48. The number of hydrogen-bond acceptors (Lipinski definition) is 4. The molecule has 0 unspecified atom stereocenters. The van der Waals surface area contributed by atoms with Crippen LogP contribution in [-0.4, -0.2) is 18.1 Å². The van der Waals surface area contributed by atoms with E-state index >= 15 is 0 Å². The smallest absolute Gasteiger partial charge is 0.119 e. The molecule has 4 heteroatoms. The maximum atomic E-state index is 11.0. The maximum absolute atomic E-state index is 11.0. The zero-order valence-electron chi connectivity index (χ0n) is 8.98. The number of carbonyl (C=O) groups excluding carboxylic acids is 1. The van der Waals surface area contributed by atoms with E-state index in [0.29, 0.717) is 22.3 Å². The molecular weight excluding hydrogens is 206 g/mol. The Morgan fingerprint density at radius 3 is 2.75 bits per heavy atom. The topological polar surface area (TPSA) is 62.2 Å². The second-order valence-electron chi connectivity index (χ2n) is 3.48. The third-order valence-electron chi connectivity index (χ3n) is 2.36. The lowest BCUT2D eigenvalue weighted by molar-refractivity contribution is -0.254. The number of aryl methyl sites for hydroxylation is 1. The highest BCUT2D eigenvalue weighted by atomic mass is 16.5. The molecule has 0 saturated carbocycles. The Labute approximate surface area is 92.5 Å². The number of ether oxygens (including phenoxy) is 1. The lowest BCUT2D eigenvalue weighted by atomic mass is 10.1. The van der Waals surface area contributed by atoms with E-state index in [4.69, 9.17) is 4.74 Å². The minimum absolute atomic E-state index is 0.140. The third-order valence-corrected chi connectivity index (χ3v) is 2.36. The fraction of sp³-hybridized carbons (Fsp3) is 0.167. The summed E-state index contributed by atoms with van der Waals surface area (Å²) in [6, 6.07) is 6.62. The van der Waals surface area contributed by atoms with Crippen LogP contribution in [0.25, 0.3) is 10.9 Å². The van der Waals surface area contributed by atoms with E-state index in [-0.39, 0.29) is 5.56 Å². The van der Waals surface area contributed by atoms with Crippen LogP contribution in [0.2, 0.25) is 0 Å². The van der Waals surface area contributed by atoms with E-state index in [1.165, 1.54) is 13.2 Å². The van der Waals surface area contributed by atoms with Gasteiger partial charge in [-0.3, -0.25) is 4.98 Å². The van der Waals surface area contributed by atoms with Gasteiger partial charge in [0.05, 0.1) is 18.6 Å². The number of aromatic nitrogens is 1. The zero-order chi connectivity index (χ0) is 11.7. The molecule has 4 nitrogen and oxygen atoms in total. The molecule has 0 amide bonds. The summed E-state index contributed by atoms with van der Waals surface area (Å²) in [5.41, 5.74) is 1.42. The van der Waals surface area contributed by atoms with Crippen molar-refractivity contribution in [3.8, 4) is 5.75 Å². The summed E-state index contributed by atoms with van der Waals surface area (Å²) in [4.78, 5) is 15.2. The van der Waals surface area contributed by atoms with Crippen molar-refractivity contribution in [2.75, 3.05) is 7.11 Å². The molecule has 0 aliphatic rings. The van der Waals surface area contributed by atoms with Gasteiger partial charge in [-0.05, 0) is 31.2 Å². The van der Waals surface area contributed by atoms with Gasteiger partial charge in [0.25, 0.3) is 0 Å². The molecule has 0 saturated heterocycles. The van der Waals surface area contributed by atoms with Gasteiger partial charge < -0.3 is 14.6 Å². The van der Waals surface area contributed by atoms with Crippen LogP contribution in [0, 0.1) is 6.92 Å². The number of carboxylic acids is 1. The average Bonchev–Trinajstić information content (AvgIpc) is 2.27. The number of rotatable bonds is 2. The van der Waals surface area contributed by atoms with Crippen molar-refractivity contribution in [3.05, 3.63) is 35.5 Å². The van der Waals surface area contributed by atoms with E-state index < -0.39 is 5.97 Å². The van der Waals surface area contributed by atoms with E-state index in [1.54, 1.807) is 25.1 Å². The highest BCUT2D eigenvalue weighted by Gasteiger charge is 2.06. The summed E-state index contributed by atoms with van der Waals surface area (Å²) in [7, 11) is 1.53. The number of methoxy groups -OCH3 is 1. The molecule has 0 aliphatic carbocycles. The predicted octanol–water partition coefficient (Wildman–Crippen LogP) is 0.915. The monoisotopic (exact) mass is 216 g/mol. The minimum Gasteiger partial charge on any atom is -0.545 e. The lowest BCUT2D eigenvalue weighted by Gasteiger charge is -2.09. The Balaban J connectivity index is 2.80. The largest absolute Gasteiger partial charge is 0.545 e. The van der Waals surface area contributed by atoms with Gasteiger partial charge in [-0.15, -0.1) is 0 Å². The Bertz CT molecular complexity index is 563. The van der Waals surface area contributed by atoms with Crippen molar-refractivity contribution in [2.45, 2.75) is 6.92 Å². The SMILES string of the molecule is COc1ccc2nc(C)cc(C(=O)[O-])c2c1. The molecule has 0 N–H and O–H groups in total. The van der Waals surface area contributed by atoms with Crippen LogP contribution in [0.4, 0.5) is 0 Å². The Hall–Kier alpha value is -2.10. The van der Waals surface area contributed by atoms with Gasteiger partial charge in [-0.25, -0.2) is 0 Å². The molecule has 0 fully saturated rings. The average molecular weight is 216 g/mol. The summed E-state index contributed by atoms with van der Waals surface area (Å²) >= 11 is 0. The molecule has 0 bridgehead atoms. The first-order chi connectivity index (χ1) is 7.61. The highest BCUT2D eigenvalue weighted by molar-refractivity contribution is 6.02. The molecule has 16 heavy (non-hydrogen) atoms. The standard InChI is InChI=1S/C12H11NO3/c1-7-5-10(12(14)15)9-6-8(16-2)3-4-11(9)13-7/h3-6H,1-2H3,(H,14,15)/p-1. The van der Waals surface area contributed by atoms with Gasteiger partial charge in [0.1, 0.15) is 5.75 Å². The van der Waals surface area contributed by atoms with E-state index in [2.05, 4.69) is 4.98 Å². The van der Waals surface area contributed by atoms with Crippen LogP contribution >= 0.6 is 0 Å². The van der Waals surface area contributed by atoms with Gasteiger partial charge in [-0.2, -0.15) is 0 Å². The normalized spacial score (nSPS) is 10.4. The number of pyridine rings is 1. The Morgan fingerprint density at radius 1 is 1.38 bits per heavy atom. The van der Waals surface area contributed by atoms with Crippen LogP contribution in [0.1, 0.15) is 16.1 Å². The fourth-order valence-electron chi connectivity index (χ4n) is 1.63. The van der Waals surface area contributed by atoms with Crippen molar-refractivity contribution in [3.63, 3.8) is 0 Å². The van der Waals surface area contributed by atoms with Crippen LogP contribution in [0.5, 0.6) is 5.75 Å². The van der Waals surface area contributed by atoms with Gasteiger partial charge >= 0.3 is 0 Å². The lowest BCUT2D eigenvalue weighted by Crippen LogP contribution is -2.22. The minimum atomic E-state index is -1.20. The number of fused-ring (bicyclic) bond motifs is 1. The molecule has 82 valence electrons.